The van der Waals surface area contributed by atoms with E-state index in [2.05, 4.69) is 15.5 Å². The van der Waals surface area contributed by atoms with E-state index in [1.54, 1.807) is 6.08 Å². The summed E-state index contributed by atoms with van der Waals surface area (Å²) < 4.78 is 6.03. The lowest BCUT2D eigenvalue weighted by Crippen LogP contribution is -2.33. The number of hydrogen-bond donors (Lipinski definition) is 2. The Hall–Kier alpha value is -3.64. The second kappa shape index (κ2) is 8.85. The van der Waals surface area contributed by atoms with E-state index in [9.17, 15) is 9.59 Å². The van der Waals surface area contributed by atoms with Crippen LogP contribution in [-0.4, -0.2) is 42.9 Å². The first-order chi connectivity index (χ1) is 15.7. The van der Waals surface area contributed by atoms with Crippen LogP contribution in [0.3, 0.4) is 0 Å². The van der Waals surface area contributed by atoms with Crippen LogP contribution >= 0.6 is 0 Å². The Morgan fingerprint density at radius 3 is 2.59 bits per heavy atom. The van der Waals surface area contributed by atoms with Crippen LogP contribution in [0.25, 0.3) is 23.0 Å². The Morgan fingerprint density at radius 1 is 1.00 bits per heavy atom. The average molecular weight is 428 g/mol. The van der Waals surface area contributed by atoms with Gasteiger partial charge in [-0.15, -0.1) is 0 Å². The fourth-order valence-electron chi connectivity index (χ4n) is 4.32. The lowest BCUT2D eigenvalue weighted by atomic mass is 10.0. The molecule has 2 aliphatic rings. The SMILES string of the molecule is O=C1Nc2ccccc2C1=Cc1ccc(-c2ccccc2C(=O)NCCN2CCCC2)o1. The van der Waals surface area contributed by atoms with Crippen LogP contribution in [0.2, 0.25) is 0 Å². The summed E-state index contributed by atoms with van der Waals surface area (Å²) in [5.74, 6) is 0.891. The third-order valence-corrected chi connectivity index (χ3v) is 5.97. The molecule has 3 aromatic rings. The topological polar surface area (TPSA) is 74.6 Å². The largest absolute Gasteiger partial charge is 0.457 e. The minimum Gasteiger partial charge on any atom is -0.457 e. The van der Waals surface area contributed by atoms with Crippen LogP contribution in [0, 0.1) is 0 Å². The van der Waals surface area contributed by atoms with E-state index in [-0.39, 0.29) is 11.8 Å². The van der Waals surface area contributed by atoms with Gasteiger partial charge in [-0.1, -0.05) is 36.4 Å². The molecule has 5 rings (SSSR count). The zero-order valence-electron chi connectivity index (χ0n) is 17.8. The molecule has 6 nitrogen and oxygen atoms in total. The van der Waals surface area contributed by atoms with Crippen molar-refractivity contribution in [3.63, 3.8) is 0 Å². The molecule has 1 fully saturated rings. The Kier molecular flexibility index (Phi) is 5.60. The second-order valence-electron chi connectivity index (χ2n) is 8.11. The molecule has 3 heterocycles. The highest BCUT2D eigenvalue weighted by atomic mass is 16.3. The number of hydrogen-bond acceptors (Lipinski definition) is 4. The molecule has 2 aliphatic heterocycles. The number of carbonyl (C=O) groups excluding carboxylic acids is 2. The number of furan rings is 1. The van der Waals surface area contributed by atoms with Gasteiger partial charge in [-0.05, 0) is 56.3 Å². The Morgan fingerprint density at radius 2 is 1.75 bits per heavy atom. The highest BCUT2D eigenvalue weighted by molar-refractivity contribution is 6.34. The van der Waals surface area contributed by atoms with Crippen molar-refractivity contribution in [2.45, 2.75) is 12.8 Å². The molecule has 0 saturated carbocycles. The van der Waals surface area contributed by atoms with Crippen molar-refractivity contribution < 1.29 is 14.0 Å². The van der Waals surface area contributed by atoms with E-state index in [0.717, 1.165) is 36.4 Å². The van der Waals surface area contributed by atoms with Crippen LogP contribution in [0.4, 0.5) is 5.69 Å². The van der Waals surface area contributed by atoms with Crippen LogP contribution in [0.5, 0.6) is 0 Å². The number of fused-ring (bicyclic) bond motifs is 1. The number of anilines is 1. The summed E-state index contributed by atoms with van der Waals surface area (Å²) in [5.41, 5.74) is 3.52. The van der Waals surface area contributed by atoms with Crippen molar-refractivity contribution in [3.05, 3.63) is 77.6 Å². The summed E-state index contributed by atoms with van der Waals surface area (Å²) in [7, 11) is 0. The van der Waals surface area contributed by atoms with Crippen molar-refractivity contribution in [3.8, 4) is 11.3 Å². The van der Waals surface area contributed by atoms with Crippen molar-refractivity contribution in [2.24, 2.45) is 0 Å². The van der Waals surface area contributed by atoms with Gasteiger partial charge in [0.1, 0.15) is 11.5 Å². The first-order valence-electron chi connectivity index (χ1n) is 11.0. The molecule has 0 aliphatic carbocycles. The molecule has 2 aromatic carbocycles. The molecule has 0 atom stereocenters. The number of carbonyl (C=O) groups is 2. The van der Waals surface area contributed by atoms with Gasteiger partial charge in [0.25, 0.3) is 11.8 Å². The summed E-state index contributed by atoms with van der Waals surface area (Å²) in [5, 5.41) is 5.90. The number of nitrogens with zero attached hydrogens (tertiary/aromatic N) is 1. The molecule has 162 valence electrons. The molecular weight excluding hydrogens is 402 g/mol. The van der Waals surface area contributed by atoms with E-state index in [1.807, 2.05) is 60.7 Å². The fraction of sp³-hybridized carbons (Fsp3) is 0.231. The predicted octanol–water partition coefficient (Wildman–Crippen LogP) is 4.26. The molecule has 1 aromatic heterocycles. The van der Waals surface area contributed by atoms with Gasteiger partial charge in [0.2, 0.25) is 0 Å². The molecule has 2 amide bonds. The lowest BCUT2D eigenvalue weighted by Gasteiger charge is -2.15. The highest BCUT2D eigenvalue weighted by Crippen LogP contribution is 2.34. The third-order valence-electron chi connectivity index (χ3n) is 5.97. The maximum atomic E-state index is 12.8. The number of rotatable bonds is 6. The molecule has 0 bridgehead atoms. The van der Waals surface area contributed by atoms with E-state index < -0.39 is 0 Å². The third kappa shape index (κ3) is 4.09. The quantitative estimate of drug-likeness (QED) is 0.577. The normalized spacial score (nSPS) is 16.9. The predicted molar refractivity (Wildman–Crippen MR) is 125 cm³/mol. The van der Waals surface area contributed by atoms with Gasteiger partial charge in [0.15, 0.2) is 0 Å². The van der Waals surface area contributed by atoms with Gasteiger partial charge in [0.05, 0.1) is 11.1 Å². The molecular formula is C26H25N3O3. The van der Waals surface area contributed by atoms with Crippen molar-refractivity contribution >= 4 is 29.2 Å². The average Bonchev–Trinajstić information content (AvgIpc) is 3.55. The van der Waals surface area contributed by atoms with Gasteiger partial charge in [-0.25, -0.2) is 0 Å². The molecule has 2 N–H and O–H groups in total. The fourth-order valence-corrected chi connectivity index (χ4v) is 4.32. The number of amides is 2. The maximum absolute atomic E-state index is 12.8. The minimum absolute atomic E-state index is 0.111. The van der Waals surface area contributed by atoms with E-state index in [4.69, 9.17) is 4.42 Å². The number of para-hydroxylation sites is 1. The van der Waals surface area contributed by atoms with Crippen LogP contribution in [0.15, 0.2) is 65.1 Å². The molecule has 0 radical (unpaired) electrons. The maximum Gasteiger partial charge on any atom is 0.256 e. The molecule has 0 unspecified atom stereocenters. The zero-order valence-corrected chi connectivity index (χ0v) is 17.8. The standard InChI is InChI=1S/C26H25N3O3/c30-25(27-13-16-29-14-5-6-15-29)21-9-2-1-8-20(21)24-12-11-18(32-24)17-22-19-7-3-4-10-23(19)28-26(22)31/h1-4,7-12,17H,5-6,13-16H2,(H,27,30)(H,28,31). The molecule has 32 heavy (non-hydrogen) atoms. The number of nitrogens with one attached hydrogen (secondary N) is 2. The van der Waals surface area contributed by atoms with Gasteiger partial charge in [-0.2, -0.15) is 0 Å². The van der Waals surface area contributed by atoms with E-state index >= 15 is 0 Å². The first kappa shape index (κ1) is 20.3. The molecule has 1 saturated heterocycles. The van der Waals surface area contributed by atoms with Crippen molar-refractivity contribution in [1.29, 1.82) is 0 Å². The summed E-state index contributed by atoms with van der Waals surface area (Å²) in [6.07, 6.45) is 4.21. The summed E-state index contributed by atoms with van der Waals surface area (Å²) >= 11 is 0. The Balaban J connectivity index is 1.34. The minimum atomic E-state index is -0.151. The summed E-state index contributed by atoms with van der Waals surface area (Å²) in [6.45, 7) is 3.71. The Bertz CT molecular complexity index is 1190. The number of likely N-dealkylation sites (tertiary alicyclic amines) is 1. The van der Waals surface area contributed by atoms with Crippen molar-refractivity contribution in [2.75, 3.05) is 31.5 Å². The van der Waals surface area contributed by atoms with Gasteiger partial charge >= 0.3 is 0 Å². The number of benzene rings is 2. The van der Waals surface area contributed by atoms with Gasteiger partial charge < -0.3 is 20.0 Å². The molecule has 0 spiro atoms. The van der Waals surface area contributed by atoms with E-state index in [1.165, 1.54) is 12.8 Å². The van der Waals surface area contributed by atoms with Gasteiger partial charge in [0, 0.05) is 29.9 Å². The van der Waals surface area contributed by atoms with Crippen LogP contribution in [-0.2, 0) is 4.79 Å². The first-order valence-corrected chi connectivity index (χ1v) is 11.0. The van der Waals surface area contributed by atoms with Crippen LogP contribution < -0.4 is 10.6 Å². The van der Waals surface area contributed by atoms with Crippen LogP contribution in [0.1, 0.15) is 34.5 Å². The smallest absolute Gasteiger partial charge is 0.256 e. The Labute approximate surface area is 186 Å². The van der Waals surface area contributed by atoms with E-state index in [0.29, 0.717) is 29.2 Å². The summed E-state index contributed by atoms with van der Waals surface area (Å²) in [4.78, 5) is 27.6. The highest BCUT2D eigenvalue weighted by Gasteiger charge is 2.24. The second-order valence-corrected chi connectivity index (χ2v) is 8.11. The summed E-state index contributed by atoms with van der Waals surface area (Å²) in [6, 6.07) is 18.6. The monoisotopic (exact) mass is 427 g/mol. The van der Waals surface area contributed by atoms with Crippen molar-refractivity contribution in [1.82, 2.24) is 10.2 Å². The zero-order chi connectivity index (χ0) is 21.9. The van der Waals surface area contributed by atoms with Gasteiger partial charge in [-0.3, -0.25) is 9.59 Å². The molecule has 6 heteroatoms. The lowest BCUT2D eigenvalue weighted by molar-refractivity contribution is -0.110.